The van der Waals surface area contributed by atoms with Crippen LogP contribution in [0.3, 0.4) is 0 Å². The monoisotopic (exact) mass is 423 g/mol. The van der Waals surface area contributed by atoms with Gasteiger partial charge in [-0.05, 0) is 43.5 Å². The molecule has 162 valence electrons. The van der Waals surface area contributed by atoms with E-state index in [-0.39, 0.29) is 24.2 Å². The Labute approximate surface area is 181 Å². The predicted molar refractivity (Wildman–Crippen MR) is 118 cm³/mol. The van der Waals surface area contributed by atoms with E-state index in [1.54, 1.807) is 24.3 Å². The summed E-state index contributed by atoms with van der Waals surface area (Å²) in [4.78, 5) is 10.4. The van der Waals surface area contributed by atoms with E-state index in [1.807, 2.05) is 37.3 Å². The molecule has 0 unspecified atom stereocenters. The summed E-state index contributed by atoms with van der Waals surface area (Å²) < 4.78 is 34.0. The van der Waals surface area contributed by atoms with Crippen LogP contribution in [-0.2, 0) is 11.4 Å². The molecule has 1 amide bonds. The smallest absolute Gasteiger partial charge is 0.220 e. The minimum atomic E-state index is -0.501. The van der Waals surface area contributed by atoms with E-state index in [0.29, 0.717) is 11.1 Å². The van der Waals surface area contributed by atoms with Crippen LogP contribution in [-0.4, -0.2) is 5.91 Å². The molecule has 3 nitrogen and oxygen atoms in total. The molecule has 0 saturated heterocycles. The second-order valence-corrected chi connectivity index (χ2v) is 7.76. The normalized spacial score (nSPS) is 13.4. The average Bonchev–Trinajstić information content (AvgIpc) is 3.31. The lowest BCUT2D eigenvalue weighted by Gasteiger charge is -2.14. The predicted octanol–water partition coefficient (Wildman–Crippen LogP) is 6.18. The van der Waals surface area contributed by atoms with Crippen molar-refractivity contribution in [2.45, 2.75) is 39.2 Å². The average molecular weight is 424 g/mol. The van der Waals surface area contributed by atoms with Crippen LogP contribution in [0.25, 0.3) is 11.1 Å². The number of carbonyl (C=O) groups is 1. The number of halogens is 2. The molecule has 1 saturated carbocycles. The molecule has 0 heterocycles. The number of para-hydroxylation sites is 1. The van der Waals surface area contributed by atoms with E-state index in [9.17, 15) is 13.6 Å². The van der Waals surface area contributed by atoms with Crippen molar-refractivity contribution in [2.75, 3.05) is 0 Å². The highest BCUT2D eigenvalue weighted by Crippen LogP contribution is 2.35. The van der Waals surface area contributed by atoms with Gasteiger partial charge in [0.15, 0.2) is 11.6 Å². The molecule has 0 aliphatic heterocycles. The van der Waals surface area contributed by atoms with Gasteiger partial charge < -0.3 is 10.5 Å². The van der Waals surface area contributed by atoms with E-state index < -0.39 is 11.6 Å². The van der Waals surface area contributed by atoms with Crippen molar-refractivity contribution in [3.05, 3.63) is 89.5 Å². The van der Waals surface area contributed by atoms with E-state index in [2.05, 4.69) is 0 Å². The zero-order valence-electron chi connectivity index (χ0n) is 17.6. The molecular weight excluding hydrogens is 396 g/mol. The van der Waals surface area contributed by atoms with Crippen molar-refractivity contribution in [3.63, 3.8) is 0 Å². The molecule has 0 radical (unpaired) electrons. The first-order valence-corrected chi connectivity index (χ1v) is 10.5. The van der Waals surface area contributed by atoms with Crippen molar-refractivity contribution < 1.29 is 18.3 Å². The second-order valence-electron chi connectivity index (χ2n) is 7.76. The number of rotatable bonds is 5. The van der Waals surface area contributed by atoms with Crippen LogP contribution in [0.5, 0.6) is 5.75 Å². The first-order chi connectivity index (χ1) is 15.0. The van der Waals surface area contributed by atoms with Gasteiger partial charge in [-0.25, -0.2) is 8.78 Å². The number of nitrogens with two attached hydrogens (primary N) is 1. The maximum atomic E-state index is 14.2. The van der Waals surface area contributed by atoms with E-state index in [1.165, 1.54) is 25.0 Å². The molecular formula is C26H27F2NO2. The number of amides is 1. The zero-order chi connectivity index (χ0) is 22.2. The third-order valence-corrected chi connectivity index (χ3v) is 5.36. The largest absolute Gasteiger partial charge is 0.485 e. The van der Waals surface area contributed by atoms with E-state index in [4.69, 9.17) is 10.5 Å². The Morgan fingerprint density at radius 2 is 1.65 bits per heavy atom. The maximum Gasteiger partial charge on any atom is 0.220 e. The molecule has 31 heavy (non-hydrogen) atoms. The molecule has 3 aromatic carbocycles. The van der Waals surface area contributed by atoms with Crippen molar-refractivity contribution in [3.8, 4) is 16.9 Å². The Kier molecular flexibility index (Phi) is 7.76. The fourth-order valence-electron chi connectivity index (χ4n) is 3.65. The molecule has 5 heteroatoms. The van der Waals surface area contributed by atoms with Gasteiger partial charge in [0.05, 0.1) is 0 Å². The Bertz CT molecular complexity index is 1020. The van der Waals surface area contributed by atoms with Gasteiger partial charge in [0, 0.05) is 17.0 Å². The number of primary amides is 1. The van der Waals surface area contributed by atoms with E-state index >= 15 is 0 Å². The fraction of sp³-hybridized carbons (Fsp3) is 0.269. The van der Waals surface area contributed by atoms with Crippen molar-refractivity contribution in [2.24, 2.45) is 11.7 Å². The summed E-state index contributed by atoms with van der Waals surface area (Å²) in [6.45, 7) is 2.09. The van der Waals surface area contributed by atoms with Gasteiger partial charge in [-0.3, -0.25) is 4.79 Å². The van der Waals surface area contributed by atoms with Gasteiger partial charge in [0.25, 0.3) is 0 Å². The van der Waals surface area contributed by atoms with Gasteiger partial charge in [0.2, 0.25) is 5.91 Å². The van der Waals surface area contributed by atoms with Gasteiger partial charge in [-0.15, -0.1) is 0 Å². The van der Waals surface area contributed by atoms with Crippen LogP contribution in [0.15, 0.2) is 66.7 Å². The van der Waals surface area contributed by atoms with Crippen LogP contribution in [0.4, 0.5) is 8.78 Å². The Morgan fingerprint density at radius 1 is 0.935 bits per heavy atom. The molecule has 0 bridgehead atoms. The van der Waals surface area contributed by atoms with Crippen LogP contribution in [0.2, 0.25) is 0 Å². The number of aryl methyl sites for hydroxylation is 1. The number of carbonyl (C=O) groups excluding carboxylic acids is 1. The molecule has 1 aliphatic rings. The number of hydrogen-bond acceptors (Lipinski definition) is 2. The minimum Gasteiger partial charge on any atom is -0.485 e. The number of benzene rings is 3. The lowest BCUT2D eigenvalue weighted by atomic mass is 10.0. The van der Waals surface area contributed by atoms with Crippen LogP contribution < -0.4 is 10.5 Å². The lowest BCUT2D eigenvalue weighted by Crippen LogP contribution is -2.19. The third kappa shape index (κ3) is 6.14. The summed E-state index contributed by atoms with van der Waals surface area (Å²) in [7, 11) is 0. The fourth-order valence-corrected chi connectivity index (χ4v) is 3.65. The highest BCUT2D eigenvalue weighted by molar-refractivity contribution is 5.76. The standard InChI is InChI=1S/C20H16F2O.C6H11NO/c1-14-10-11-18(21)17(12-14)16-8-5-9-19(22)20(16)23-13-15-6-3-2-4-7-15;7-6(8)5-3-1-2-4-5/h2-12H,13H2,1H3;5H,1-4H2,(H2,7,8). The number of hydrogen-bond donors (Lipinski definition) is 1. The molecule has 1 fully saturated rings. The molecule has 0 atom stereocenters. The Balaban J connectivity index is 0.000000287. The minimum absolute atomic E-state index is 0.0702. The van der Waals surface area contributed by atoms with Crippen LogP contribution in [0, 0.1) is 24.5 Å². The first kappa shape index (κ1) is 22.5. The Hall–Kier alpha value is -3.21. The van der Waals surface area contributed by atoms with E-state index in [0.717, 1.165) is 24.0 Å². The van der Waals surface area contributed by atoms with Gasteiger partial charge >= 0.3 is 0 Å². The molecule has 0 spiro atoms. The summed E-state index contributed by atoms with van der Waals surface area (Å²) in [6.07, 6.45) is 4.42. The quantitative estimate of drug-likeness (QED) is 0.533. The summed E-state index contributed by atoms with van der Waals surface area (Å²) in [6, 6.07) is 18.8. The third-order valence-electron chi connectivity index (χ3n) is 5.36. The molecule has 4 rings (SSSR count). The molecule has 1 aliphatic carbocycles. The molecule has 3 aromatic rings. The van der Waals surface area contributed by atoms with Crippen molar-refractivity contribution >= 4 is 5.91 Å². The topological polar surface area (TPSA) is 52.3 Å². The second kappa shape index (κ2) is 10.7. The highest BCUT2D eigenvalue weighted by Gasteiger charge is 2.19. The summed E-state index contributed by atoms with van der Waals surface area (Å²) in [5.41, 5.74) is 7.64. The summed E-state index contributed by atoms with van der Waals surface area (Å²) in [5, 5.41) is 0. The molecule has 0 aromatic heterocycles. The SMILES string of the molecule is Cc1ccc(F)c(-c2cccc(F)c2OCc2ccccc2)c1.NC(=O)C1CCCC1. The summed E-state index contributed by atoms with van der Waals surface area (Å²) >= 11 is 0. The Morgan fingerprint density at radius 3 is 2.29 bits per heavy atom. The highest BCUT2D eigenvalue weighted by atomic mass is 19.1. The van der Waals surface area contributed by atoms with Crippen molar-refractivity contribution in [1.82, 2.24) is 0 Å². The van der Waals surface area contributed by atoms with Crippen molar-refractivity contribution in [1.29, 1.82) is 0 Å². The summed E-state index contributed by atoms with van der Waals surface area (Å²) in [5.74, 6) is -0.733. The molecule has 2 N–H and O–H groups in total. The van der Waals surface area contributed by atoms with Crippen LogP contribution >= 0.6 is 0 Å². The lowest BCUT2D eigenvalue weighted by molar-refractivity contribution is -0.121. The van der Waals surface area contributed by atoms with Crippen LogP contribution in [0.1, 0.15) is 36.8 Å². The maximum absolute atomic E-state index is 14.2. The van der Waals surface area contributed by atoms with Gasteiger partial charge in [-0.2, -0.15) is 0 Å². The zero-order valence-corrected chi connectivity index (χ0v) is 17.6. The number of ether oxygens (including phenoxy) is 1. The first-order valence-electron chi connectivity index (χ1n) is 10.5. The van der Waals surface area contributed by atoms with Gasteiger partial charge in [-0.1, -0.05) is 66.9 Å². The van der Waals surface area contributed by atoms with Gasteiger partial charge in [0.1, 0.15) is 12.4 Å².